The van der Waals surface area contributed by atoms with E-state index >= 15 is 0 Å². The van der Waals surface area contributed by atoms with Crippen LogP contribution in [-0.4, -0.2) is 11.1 Å². The topological polar surface area (TPSA) is 46.5 Å². The Labute approximate surface area is 138 Å². The molecule has 0 spiro atoms. The van der Waals surface area contributed by atoms with Gasteiger partial charge in [0.2, 0.25) is 0 Å². The highest BCUT2D eigenvalue weighted by atomic mass is 16.5. The van der Waals surface area contributed by atoms with Crippen molar-refractivity contribution in [2.24, 2.45) is 10.8 Å². The molecule has 3 heteroatoms. The van der Waals surface area contributed by atoms with Gasteiger partial charge in [-0.2, -0.15) is 0 Å². The molecule has 2 rings (SSSR count). The standard InChI is InChI=1S/C20H24O3/c1-6-15(8-7-14(2)21)16-9-11-17(12-10-16)23-18(22)20(5)13-19(20,3)4/h6-12,21H,1,13H2,2-5H3/b14-7+,15-8+. The van der Waals surface area contributed by atoms with Gasteiger partial charge in [-0.15, -0.1) is 0 Å². The molecule has 1 saturated carbocycles. The minimum absolute atomic E-state index is 0.0112. The van der Waals surface area contributed by atoms with Crippen LogP contribution in [0.25, 0.3) is 5.57 Å². The van der Waals surface area contributed by atoms with Crippen molar-refractivity contribution in [2.45, 2.75) is 34.1 Å². The SMILES string of the molecule is C=C/C(=C\C=C(/C)O)c1ccc(OC(=O)C2(C)CC2(C)C)cc1. The van der Waals surface area contributed by atoms with Crippen LogP contribution >= 0.6 is 0 Å². The number of ether oxygens (including phenoxy) is 1. The van der Waals surface area contributed by atoms with E-state index in [0.717, 1.165) is 17.6 Å². The number of hydrogen-bond acceptors (Lipinski definition) is 3. The highest BCUT2D eigenvalue weighted by molar-refractivity contribution is 5.83. The maximum Gasteiger partial charge on any atom is 0.317 e. The summed E-state index contributed by atoms with van der Waals surface area (Å²) in [5.41, 5.74) is 1.44. The van der Waals surface area contributed by atoms with Gasteiger partial charge >= 0.3 is 5.97 Å². The summed E-state index contributed by atoms with van der Waals surface area (Å²) in [6, 6.07) is 7.30. The van der Waals surface area contributed by atoms with Gasteiger partial charge in [-0.25, -0.2) is 0 Å². The smallest absolute Gasteiger partial charge is 0.317 e. The molecule has 23 heavy (non-hydrogen) atoms. The van der Waals surface area contributed by atoms with Gasteiger partial charge in [-0.1, -0.05) is 44.7 Å². The second-order valence-electron chi connectivity index (χ2n) is 6.94. The second kappa shape index (κ2) is 6.07. The predicted octanol–water partition coefficient (Wildman–Crippen LogP) is 5.06. The third kappa shape index (κ3) is 3.55. The van der Waals surface area contributed by atoms with Gasteiger partial charge in [0.25, 0.3) is 0 Å². The molecule has 1 aromatic rings. The summed E-state index contributed by atoms with van der Waals surface area (Å²) in [6.45, 7) is 11.5. The molecule has 0 saturated heterocycles. The summed E-state index contributed by atoms with van der Waals surface area (Å²) >= 11 is 0. The van der Waals surface area contributed by atoms with Crippen LogP contribution in [0.3, 0.4) is 0 Å². The minimum atomic E-state index is -0.388. The molecule has 0 aromatic heterocycles. The lowest BCUT2D eigenvalue weighted by molar-refractivity contribution is -0.141. The predicted molar refractivity (Wildman–Crippen MR) is 93.1 cm³/mol. The van der Waals surface area contributed by atoms with E-state index in [9.17, 15) is 9.90 Å². The van der Waals surface area contributed by atoms with Gasteiger partial charge in [0.1, 0.15) is 5.75 Å². The Hall–Kier alpha value is -2.29. The highest BCUT2D eigenvalue weighted by Gasteiger charge is 2.63. The number of carbonyl (C=O) groups excluding carboxylic acids is 1. The number of benzene rings is 1. The maximum absolute atomic E-state index is 12.3. The van der Waals surface area contributed by atoms with Crippen LogP contribution in [0.15, 0.2) is 54.8 Å². The van der Waals surface area contributed by atoms with Crippen molar-refractivity contribution in [3.8, 4) is 5.75 Å². The average Bonchev–Trinajstić information content (AvgIpc) is 3.01. The van der Waals surface area contributed by atoms with Crippen LogP contribution in [-0.2, 0) is 4.79 Å². The van der Waals surface area contributed by atoms with Crippen LogP contribution < -0.4 is 4.74 Å². The molecule has 122 valence electrons. The summed E-state index contributed by atoms with van der Waals surface area (Å²) in [6.07, 6.45) is 5.97. The van der Waals surface area contributed by atoms with Gasteiger partial charge in [-0.05, 0) is 55.0 Å². The quantitative estimate of drug-likeness (QED) is 0.358. The number of aliphatic hydroxyl groups excluding tert-OH is 1. The maximum atomic E-state index is 12.3. The molecule has 1 aliphatic rings. The van der Waals surface area contributed by atoms with Crippen molar-refractivity contribution in [1.29, 1.82) is 0 Å². The molecule has 1 unspecified atom stereocenters. The molecular formula is C20H24O3. The first-order valence-corrected chi connectivity index (χ1v) is 7.72. The fourth-order valence-electron chi connectivity index (χ4n) is 2.62. The fourth-order valence-corrected chi connectivity index (χ4v) is 2.62. The van der Waals surface area contributed by atoms with Crippen molar-refractivity contribution in [2.75, 3.05) is 0 Å². The number of hydrogen-bond donors (Lipinski definition) is 1. The van der Waals surface area contributed by atoms with Crippen LogP contribution in [0, 0.1) is 10.8 Å². The molecule has 1 aliphatic carbocycles. The molecular weight excluding hydrogens is 288 g/mol. The zero-order valence-corrected chi connectivity index (χ0v) is 14.2. The van der Waals surface area contributed by atoms with Crippen LogP contribution in [0.4, 0.5) is 0 Å². The average molecular weight is 312 g/mol. The van der Waals surface area contributed by atoms with E-state index in [4.69, 9.17) is 4.74 Å². The molecule has 1 atom stereocenters. The van der Waals surface area contributed by atoms with Crippen LogP contribution in [0.1, 0.15) is 39.7 Å². The van der Waals surface area contributed by atoms with E-state index in [2.05, 4.69) is 20.4 Å². The summed E-state index contributed by atoms with van der Waals surface area (Å²) in [7, 11) is 0. The van der Waals surface area contributed by atoms with Crippen molar-refractivity contribution >= 4 is 11.5 Å². The Morgan fingerprint density at radius 2 is 1.78 bits per heavy atom. The third-order valence-corrected chi connectivity index (χ3v) is 4.74. The van der Waals surface area contributed by atoms with E-state index in [1.54, 1.807) is 37.3 Å². The Balaban J connectivity index is 2.11. The van der Waals surface area contributed by atoms with Gasteiger partial charge in [0.15, 0.2) is 0 Å². The number of carbonyl (C=O) groups is 1. The first-order valence-electron chi connectivity index (χ1n) is 7.72. The molecule has 1 N–H and O–H groups in total. The molecule has 1 aromatic carbocycles. The number of rotatable bonds is 5. The minimum Gasteiger partial charge on any atom is -0.513 e. The monoisotopic (exact) mass is 312 g/mol. The number of aliphatic hydroxyl groups is 1. The van der Waals surface area contributed by atoms with E-state index < -0.39 is 0 Å². The zero-order valence-electron chi connectivity index (χ0n) is 14.2. The summed E-state index contributed by atoms with van der Waals surface area (Å²) in [5.74, 6) is 0.601. The van der Waals surface area contributed by atoms with Gasteiger partial charge < -0.3 is 9.84 Å². The van der Waals surface area contributed by atoms with E-state index in [1.165, 1.54) is 0 Å². The summed E-state index contributed by atoms with van der Waals surface area (Å²) in [4.78, 5) is 12.3. The summed E-state index contributed by atoms with van der Waals surface area (Å²) in [5, 5.41) is 9.24. The third-order valence-electron chi connectivity index (χ3n) is 4.74. The molecule has 0 amide bonds. The lowest BCUT2D eigenvalue weighted by Crippen LogP contribution is -2.23. The largest absolute Gasteiger partial charge is 0.513 e. The van der Waals surface area contributed by atoms with Crippen molar-refractivity contribution in [3.05, 3.63) is 60.4 Å². The van der Waals surface area contributed by atoms with Gasteiger partial charge in [0.05, 0.1) is 11.2 Å². The second-order valence-corrected chi connectivity index (χ2v) is 6.94. The Kier molecular flexibility index (Phi) is 4.51. The van der Waals surface area contributed by atoms with Crippen molar-refractivity contribution in [3.63, 3.8) is 0 Å². The Bertz CT molecular complexity index is 673. The van der Waals surface area contributed by atoms with E-state index in [1.807, 2.05) is 19.1 Å². The molecule has 3 nitrogen and oxygen atoms in total. The molecule has 0 radical (unpaired) electrons. The number of esters is 1. The lowest BCUT2D eigenvalue weighted by Gasteiger charge is -2.14. The van der Waals surface area contributed by atoms with Crippen molar-refractivity contribution in [1.82, 2.24) is 0 Å². The van der Waals surface area contributed by atoms with E-state index in [-0.39, 0.29) is 22.6 Å². The van der Waals surface area contributed by atoms with Gasteiger partial charge in [0, 0.05) is 0 Å². The zero-order chi connectivity index (χ0) is 17.3. The normalized spacial score (nSPS) is 23.3. The molecule has 0 aliphatic heterocycles. The molecule has 0 bridgehead atoms. The van der Waals surface area contributed by atoms with Gasteiger partial charge in [-0.3, -0.25) is 4.79 Å². The lowest BCUT2D eigenvalue weighted by atomic mass is 9.98. The Morgan fingerprint density at radius 3 is 2.22 bits per heavy atom. The first kappa shape index (κ1) is 17.1. The van der Waals surface area contributed by atoms with Crippen molar-refractivity contribution < 1.29 is 14.6 Å². The Morgan fingerprint density at radius 1 is 1.22 bits per heavy atom. The van der Waals surface area contributed by atoms with Crippen LogP contribution in [0.5, 0.6) is 5.75 Å². The first-order chi connectivity index (χ1) is 10.7. The highest BCUT2D eigenvalue weighted by Crippen LogP contribution is 2.63. The molecule has 1 fully saturated rings. The van der Waals surface area contributed by atoms with Crippen LogP contribution in [0.2, 0.25) is 0 Å². The van der Waals surface area contributed by atoms with E-state index in [0.29, 0.717) is 5.75 Å². The fraction of sp³-hybridized carbons (Fsp3) is 0.350. The molecule has 0 heterocycles. The summed E-state index contributed by atoms with van der Waals surface area (Å²) < 4.78 is 5.51. The number of allylic oxidation sites excluding steroid dienone is 5.